The zero-order valence-electron chi connectivity index (χ0n) is 37.8. The molecule has 3 aromatic rings. The Morgan fingerprint density at radius 3 is 2.41 bits per heavy atom. The maximum Gasteiger partial charge on any atom is 0.411 e. The minimum absolute atomic E-state index is 0.0361. The van der Waals surface area contributed by atoms with Crippen molar-refractivity contribution in [2.24, 2.45) is 17.8 Å². The van der Waals surface area contributed by atoms with Crippen molar-refractivity contribution in [1.29, 1.82) is 0 Å². The van der Waals surface area contributed by atoms with E-state index < -0.39 is 85.9 Å². The van der Waals surface area contributed by atoms with Crippen LogP contribution in [0.3, 0.4) is 0 Å². The second-order valence-electron chi connectivity index (χ2n) is 19.1. The van der Waals surface area contributed by atoms with E-state index in [4.69, 9.17) is 14.5 Å². The average Bonchev–Trinajstić information content (AvgIpc) is 3.98. The molecular weight excluding hydrogens is 904 g/mol. The first-order chi connectivity index (χ1) is 30.9. The van der Waals surface area contributed by atoms with Crippen LogP contribution in [0.4, 0.5) is 18.0 Å². The molecule has 3 aromatic heterocycles. The number of alkyl halides is 3. The summed E-state index contributed by atoms with van der Waals surface area (Å²) in [4.78, 5) is 71.9. The SMILES string of the molecule is CC(C)Oc1ccc(-c2cc(O[C@@H]3C[C@H]4C(=O)N[C@]5(C(=O)NS(=O)(=O)C6(C)CC6)C[C@H]5/C=C\CC[C@@H](C)C[C@@H](C)[C@H](N(C(=O)O)C(C)(C)C(F)(F)F)C(=O)N4C3)cc(-c3nccs3)n2)cn1. The van der Waals surface area contributed by atoms with Crippen LogP contribution in [-0.2, 0) is 24.4 Å². The molecule has 3 fully saturated rings. The predicted molar refractivity (Wildman–Crippen MR) is 238 cm³/mol. The summed E-state index contributed by atoms with van der Waals surface area (Å²) < 4.78 is 84.5. The Labute approximate surface area is 385 Å². The number of nitrogens with zero attached hydrogens (tertiary/aromatic N) is 5. The minimum Gasteiger partial charge on any atom is -0.488 e. The quantitative estimate of drug-likeness (QED) is 0.166. The first kappa shape index (κ1) is 48.6. The molecule has 2 aliphatic carbocycles. The topological polar surface area (TPSA) is 210 Å². The number of nitrogens with one attached hydrogen (secondary N) is 2. The number of pyridine rings is 2. The number of sulfonamides is 1. The highest BCUT2D eigenvalue weighted by Gasteiger charge is 2.64. The highest BCUT2D eigenvalue weighted by Crippen LogP contribution is 2.48. The molecule has 0 aromatic carbocycles. The summed E-state index contributed by atoms with van der Waals surface area (Å²) in [6, 6.07) is 3.27. The van der Waals surface area contributed by atoms with E-state index in [9.17, 15) is 41.1 Å². The van der Waals surface area contributed by atoms with E-state index in [1.54, 1.807) is 54.2 Å². The van der Waals surface area contributed by atoms with Gasteiger partial charge in [0.15, 0.2) is 0 Å². The molecule has 66 heavy (non-hydrogen) atoms. The van der Waals surface area contributed by atoms with Gasteiger partial charge in [-0.3, -0.25) is 24.0 Å². The van der Waals surface area contributed by atoms with Gasteiger partial charge < -0.3 is 24.8 Å². The molecule has 7 rings (SSSR count). The molecule has 2 saturated carbocycles. The lowest BCUT2D eigenvalue weighted by Crippen LogP contribution is -2.66. The van der Waals surface area contributed by atoms with Gasteiger partial charge in [-0.15, -0.1) is 11.3 Å². The molecular formula is C45H56F3N7O9S2. The summed E-state index contributed by atoms with van der Waals surface area (Å²) in [5.74, 6) is -4.08. The number of carboxylic acid groups (broad SMARTS) is 1. The third-order valence-corrected chi connectivity index (χ3v) is 16.1. The molecule has 0 radical (unpaired) electrons. The van der Waals surface area contributed by atoms with Gasteiger partial charge in [-0.2, -0.15) is 13.2 Å². The summed E-state index contributed by atoms with van der Waals surface area (Å²) in [5, 5.41) is 15.6. The first-order valence-corrected chi connectivity index (χ1v) is 24.4. The van der Waals surface area contributed by atoms with Gasteiger partial charge in [-0.1, -0.05) is 26.0 Å². The fourth-order valence-electron chi connectivity index (χ4n) is 8.80. The molecule has 21 heteroatoms. The zero-order valence-corrected chi connectivity index (χ0v) is 39.4. The van der Waals surface area contributed by atoms with Crippen molar-refractivity contribution in [2.45, 2.75) is 140 Å². The zero-order chi connectivity index (χ0) is 48.1. The van der Waals surface area contributed by atoms with Crippen molar-refractivity contribution >= 4 is 45.2 Å². The lowest BCUT2D eigenvalue weighted by molar-refractivity contribution is -0.222. The summed E-state index contributed by atoms with van der Waals surface area (Å²) >= 11 is 1.32. The monoisotopic (exact) mass is 959 g/mol. The lowest BCUT2D eigenvalue weighted by Gasteiger charge is -2.45. The van der Waals surface area contributed by atoms with Crippen molar-refractivity contribution < 1.29 is 55.3 Å². The Bertz CT molecular complexity index is 2460. The van der Waals surface area contributed by atoms with Crippen LogP contribution in [0.1, 0.15) is 93.4 Å². The summed E-state index contributed by atoms with van der Waals surface area (Å²) in [6.07, 6.45) is 0.0739. The smallest absolute Gasteiger partial charge is 0.411 e. The van der Waals surface area contributed by atoms with Crippen LogP contribution in [0.15, 0.2) is 54.2 Å². The number of thiazole rings is 1. The Kier molecular flexibility index (Phi) is 13.3. The number of fused-ring (bicyclic) bond motifs is 2. The molecule has 0 unspecified atom stereocenters. The van der Waals surface area contributed by atoms with Gasteiger partial charge in [-0.05, 0) is 91.0 Å². The number of allylic oxidation sites excluding steroid dienone is 1. The number of rotatable bonds is 11. The molecule has 4 aliphatic rings. The number of hydrogen-bond donors (Lipinski definition) is 3. The standard InChI is InChI=1S/C45H56F3N7O9S2/c1-25(2)63-35-13-12-28(23-50-35)32-19-30(20-33(51-32)38-49-16-17-65-38)64-31-21-34-37(56)52-44(40(58)53-66(61,62)43(7)14-15-43)22-29(44)11-9-8-10-26(3)18-27(4)36(39(57)54(34)24-31)55(41(59)60)42(5,6)45(46,47)48/h9,11-13,16-17,19-20,23,25-27,29,31,34,36H,8,10,14-15,18,21-22,24H2,1-7H3,(H,52,56)(H,53,58)(H,59,60)/b11-9-/t26-,27-,29-,31-,34+,36+,44-/m1/s1. The fraction of sp³-hybridized carbons (Fsp3) is 0.578. The van der Waals surface area contributed by atoms with Gasteiger partial charge in [0.25, 0.3) is 5.91 Å². The minimum atomic E-state index is -5.11. The van der Waals surface area contributed by atoms with Crippen molar-refractivity contribution in [2.75, 3.05) is 6.54 Å². The van der Waals surface area contributed by atoms with Crippen molar-refractivity contribution in [3.05, 3.63) is 54.2 Å². The second kappa shape index (κ2) is 18.1. The third-order valence-electron chi connectivity index (χ3n) is 13.1. The molecule has 0 bridgehead atoms. The van der Waals surface area contributed by atoms with E-state index in [2.05, 4.69) is 20.0 Å². The normalized spacial score (nSPS) is 27.3. The molecule has 4 amide bonds. The van der Waals surface area contributed by atoms with E-state index in [1.807, 2.05) is 20.8 Å². The fourth-order valence-corrected chi connectivity index (χ4v) is 10.7. The number of amides is 4. The van der Waals surface area contributed by atoms with Gasteiger partial charge in [0.05, 0.1) is 23.1 Å². The van der Waals surface area contributed by atoms with Crippen LogP contribution < -0.4 is 19.5 Å². The average molecular weight is 960 g/mol. The summed E-state index contributed by atoms with van der Waals surface area (Å²) in [5.41, 5.74) is -3.36. The van der Waals surface area contributed by atoms with Crippen LogP contribution in [0.2, 0.25) is 0 Å². The van der Waals surface area contributed by atoms with E-state index in [0.29, 0.717) is 67.4 Å². The summed E-state index contributed by atoms with van der Waals surface area (Å²) in [7, 11) is -4.15. The Hall–Kier alpha value is -5.31. The number of hydrogen-bond acceptors (Lipinski definition) is 12. The van der Waals surface area contributed by atoms with Crippen molar-refractivity contribution in [1.82, 2.24) is 34.8 Å². The van der Waals surface area contributed by atoms with Crippen LogP contribution in [0, 0.1) is 17.8 Å². The van der Waals surface area contributed by atoms with Gasteiger partial charge in [0, 0.05) is 53.9 Å². The molecule has 1 saturated heterocycles. The van der Waals surface area contributed by atoms with Crippen molar-refractivity contribution in [3.8, 4) is 33.6 Å². The highest BCUT2D eigenvalue weighted by atomic mass is 32.2. The Morgan fingerprint density at radius 2 is 1.80 bits per heavy atom. The third kappa shape index (κ3) is 9.87. The molecule has 16 nitrogen and oxygen atoms in total. The van der Waals surface area contributed by atoms with Crippen molar-refractivity contribution in [3.63, 3.8) is 0 Å². The van der Waals surface area contributed by atoms with Gasteiger partial charge in [0.1, 0.15) is 45.7 Å². The van der Waals surface area contributed by atoms with E-state index >= 15 is 4.79 Å². The number of ether oxygens (including phenoxy) is 2. The Balaban J connectivity index is 1.29. The van der Waals surface area contributed by atoms with E-state index in [1.165, 1.54) is 25.2 Å². The maximum atomic E-state index is 15.2. The Morgan fingerprint density at radius 1 is 1.09 bits per heavy atom. The number of carbonyl (C=O) groups excluding carboxylic acids is 3. The van der Waals surface area contributed by atoms with Crippen LogP contribution in [0.25, 0.3) is 22.0 Å². The first-order valence-electron chi connectivity index (χ1n) is 22.0. The second-order valence-corrected chi connectivity index (χ2v) is 22.2. The van der Waals surface area contributed by atoms with Gasteiger partial charge in [-0.25, -0.2) is 28.2 Å². The molecule has 7 atom stereocenters. The highest BCUT2D eigenvalue weighted by molar-refractivity contribution is 7.91. The van der Waals surface area contributed by atoms with Crippen LogP contribution in [-0.4, -0.2) is 115 Å². The van der Waals surface area contributed by atoms with Crippen LogP contribution >= 0.6 is 11.3 Å². The predicted octanol–water partition coefficient (Wildman–Crippen LogP) is 6.98. The van der Waals surface area contributed by atoms with E-state index in [-0.39, 0.29) is 48.5 Å². The van der Waals surface area contributed by atoms with Gasteiger partial charge >= 0.3 is 12.3 Å². The van der Waals surface area contributed by atoms with Crippen LogP contribution in [0.5, 0.6) is 11.6 Å². The lowest BCUT2D eigenvalue weighted by atomic mass is 9.85. The van der Waals surface area contributed by atoms with E-state index in [0.717, 1.165) is 4.90 Å². The summed E-state index contributed by atoms with van der Waals surface area (Å²) in [6.45, 7) is 9.64. The molecule has 3 N–H and O–H groups in total. The number of aromatic nitrogens is 3. The van der Waals surface area contributed by atoms with Gasteiger partial charge in [0.2, 0.25) is 27.7 Å². The maximum absolute atomic E-state index is 15.2. The number of carbonyl (C=O) groups is 4. The largest absolute Gasteiger partial charge is 0.488 e. The molecule has 0 spiro atoms. The molecule has 2 aliphatic heterocycles. The molecule has 5 heterocycles. The molecule has 358 valence electrons. The number of halogens is 3.